The Bertz CT molecular complexity index is 1500. The van der Waals surface area contributed by atoms with Crippen LogP contribution in [0, 0.1) is 5.92 Å². The molecule has 2 aromatic carbocycles. The summed E-state index contributed by atoms with van der Waals surface area (Å²) in [4.78, 5) is 57.6. The molecule has 0 saturated carbocycles. The standard InChI is InChI=1S/C27H23BrClN3O4S2/c28-16-6-4-5-15(13-16)20-21-22(25(35)32(24(21)34)18-9-7-17(29)8-10-18)37-26-23(20)38-27(36)31(26)14-19(33)30-11-2-1-3-12-30/h4-10,13,20-22H,1-3,11-12,14H2/t20-,21-,22+/m0/s1. The summed E-state index contributed by atoms with van der Waals surface area (Å²) >= 11 is 11.9. The van der Waals surface area contributed by atoms with Gasteiger partial charge in [0.2, 0.25) is 17.7 Å². The number of aromatic nitrogens is 1. The van der Waals surface area contributed by atoms with E-state index in [1.807, 2.05) is 29.2 Å². The van der Waals surface area contributed by atoms with E-state index < -0.39 is 17.1 Å². The van der Waals surface area contributed by atoms with Gasteiger partial charge in [0.1, 0.15) is 11.8 Å². The van der Waals surface area contributed by atoms with Crippen LogP contribution in [-0.2, 0) is 20.9 Å². The molecule has 3 aliphatic rings. The van der Waals surface area contributed by atoms with Gasteiger partial charge in [-0.1, -0.05) is 62.8 Å². The first-order chi connectivity index (χ1) is 18.3. The highest BCUT2D eigenvalue weighted by Crippen LogP contribution is 2.54. The molecule has 11 heteroatoms. The number of rotatable bonds is 4. The molecular formula is C27H23BrClN3O4S2. The van der Waals surface area contributed by atoms with Crippen molar-refractivity contribution in [2.75, 3.05) is 18.0 Å². The summed E-state index contributed by atoms with van der Waals surface area (Å²) < 4.78 is 2.34. The molecule has 3 atom stereocenters. The number of nitrogens with zero attached hydrogens (tertiary/aromatic N) is 3. The van der Waals surface area contributed by atoms with E-state index in [1.54, 1.807) is 24.3 Å². The molecule has 2 saturated heterocycles. The number of benzene rings is 2. The molecule has 0 N–H and O–H groups in total. The lowest BCUT2D eigenvalue weighted by Crippen LogP contribution is -2.39. The number of hydrogen-bond donors (Lipinski definition) is 0. The van der Waals surface area contributed by atoms with Crippen LogP contribution in [0.5, 0.6) is 0 Å². The predicted octanol–water partition coefficient (Wildman–Crippen LogP) is 5.13. The van der Waals surface area contributed by atoms with Crippen molar-refractivity contribution in [2.24, 2.45) is 5.92 Å². The van der Waals surface area contributed by atoms with Gasteiger partial charge in [0.05, 0.1) is 16.6 Å². The zero-order valence-electron chi connectivity index (χ0n) is 20.1. The van der Waals surface area contributed by atoms with Crippen LogP contribution in [-0.4, -0.2) is 45.5 Å². The minimum absolute atomic E-state index is 0.0662. The fraction of sp³-hybridized carbons (Fsp3) is 0.333. The van der Waals surface area contributed by atoms with Gasteiger partial charge in [-0.15, -0.1) is 0 Å². The third-order valence-corrected chi connectivity index (χ3v) is 10.7. The number of thiazole rings is 1. The number of piperidine rings is 1. The quantitative estimate of drug-likeness (QED) is 0.373. The summed E-state index contributed by atoms with van der Waals surface area (Å²) in [5.74, 6) is -1.90. The van der Waals surface area contributed by atoms with Crippen molar-refractivity contribution in [3.8, 4) is 0 Å². The lowest BCUT2D eigenvalue weighted by molar-refractivity contribution is -0.133. The van der Waals surface area contributed by atoms with E-state index >= 15 is 0 Å². The van der Waals surface area contributed by atoms with Crippen molar-refractivity contribution in [1.29, 1.82) is 0 Å². The van der Waals surface area contributed by atoms with Crippen molar-refractivity contribution < 1.29 is 14.4 Å². The minimum atomic E-state index is -0.722. The monoisotopic (exact) mass is 631 g/mol. The van der Waals surface area contributed by atoms with E-state index in [4.69, 9.17) is 11.6 Å². The molecule has 0 bridgehead atoms. The number of fused-ring (bicyclic) bond motifs is 2. The van der Waals surface area contributed by atoms with Crippen LogP contribution in [0.3, 0.4) is 0 Å². The maximum Gasteiger partial charge on any atom is 0.308 e. The first kappa shape index (κ1) is 25.9. The molecule has 0 radical (unpaired) electrons. The number of carbonyl (C=O) groups excluding carboxylic acids is 3. The smallest absolute Gasteiger partial charge is 0.308 e. The Morgan fingerprint density at radius 2 is 1.74 bits per heavy atom. The van der Waals surface area contributed by atoms with Crippen LogP contribution in [0.4, 0.5) is 5.69 Å². The topological polar surface area (TPSA) is 79.7 Å². The van der Waals surface area contributed by atoms with Crippen molar-refractivity contribution in [2.45, 2.75) is 42.0 Å². The van der Waals surface area contributed by atoms with Gasteiger partial charge in [-0.3, -0.25) is 23.7 Å². The maximum absolute atomic E-state index is 13.9. The van der Waals surface area contributed by atoms with Crippen LogP contribution in [0.1, 0.15) is 35.6 Å². The Hall–Kier alpha value is -2.40. The van der Waals surface area contributed by atoms with Crippen LogP contribution in [0.25, 0.3) is 0 Å². The largest absolute Gasteiger partial charge is 0.341 e. The highest BCUT2D eigenvalue weighted by molar-refractivity contribution is 9.10. The number of halogens is 2. The van der Waals surface area contributed by atoms with E-state index in [0.717, 1.165) is 45.5 Å². The molecule has 3 aromatic rings. The fourth-order valence-electron chi connectivity index (χ4n) is 5.54. The molecular weight excluding hydrogens is 610 g/mol. The maximum atomic E-state index is 13.9. The summed E-state index contributed by atoms with van der Waals surface area (Å²) in [6.45, 7) is 1.33. The molecule has 38 heavy (non-hydrogen) atoms. The van der Waals surface area contributed by atoms with Gasteiger partial charge in [-0.05, 0) is 61.2 Å². The second kappa shape index (κ2) is 10.3. The summed E-state index contributed by atoms with van der Waals surface area (Å²) in [6.07, 6.45) is 3.02. The first-order valence-corrected chi connectivity index (χ1v) is 15.3. The lowest BCUT2D eigenvalue weighted by atomic mass is 9.83. The van der Waals surface area contributed by atoms with Gasteiger partial charge in [-0.2, -0.15) is 0 Å². The Labute approximate surface area is 240 Å². The van der Waals surface area contributed by atoms with Gasteiger partial charge in [-0.25, -0.2) is 4.90 Å². The van der Waals surface area contributed by atoms with Crippen LogP contribution in [0.15, 0.2) is 62.8 Å². The number of anilines is 1. The van der Waals surface area contributed by atoms with Crippen LogP contribution >= 0.6 is 50.6 Å². The van der Waals surface area contributed by atoms with Crippen LogP contribution in [0.2, 0.25) is 5.02 Å². The molecule has 7 nitrogen and oxygen atoms in total. The zero-order valence-corrected chi connectivity index (χ0v) is 24.1. The predicted molar refractivity (Wildman–Crippen MR) is 152 cm³/mol. The molecule has 4 heterocycles. The zero-order chi connectivity index (χ0) is 26.6. The molecule has 1 aromatic heterocycles. The number of amides is 3. The minimum Gasteiger partial charge on any atom is -0.341 e. The SMILES string of the molecule is O=C(Cn1c2c(sc1=O)[C@@H](c1cccc(Br)c1)[C@@H]1C(=O)N(c3ccc(Cl)cc3)C(=O)[C@@H]1S2)N1CCCCC1. The van der Waals surface area contributed by atoms with E-state index in [1.165, 1.54) is 21.2 Å². The van der Waals surface area contributed by atoms with Crippen molar-refractivity contribution in [3.63, 3.8) is 0 Å². The van der Waals surface area contributed by atoms with E-state index in [9.17, 15) is 19.2 Å². The van der Waals surface area contributed by atoms with Crippen molar-refractivity contribution in [3.05, 3.63) is 78.1 Å². The molecule has 3 aliphatic heterocycles. The number of thioether (sulfide) groups is 1. The molecule has 0 unspecified atom stereocenters. The third-order valence-electron chi connectivity index (χ3n) is 7.34. The Kier molecular flexibility index (Phi) is 7.00. The van der Waals surface area contributed by atoms with Gasteiger partial charge in [0.25, 0.3) is 0 Å². The van der Waals surface area contributed by atoms with Crippen molar-refractivity contribution >= 4 is 74.0 Å². The molecule has 2 fully saturated rings. The fourth-order valence-corrected chi connectivity index (χ4v) is 8.85. The van der Waals surface area contributed by atoms with E-state index in [-0.39, 0.29) is 29.1 Å². The third kappa shape index (κ3) is 4.45. The number of carbonyl (C=O) groups is 3. The molecule has 196 valence electrons. The van der Waals surface area contributed by atoms with Gasteiger partial charge in [0.15, 0.2) is 0 Å². The Balaban J connectivity index is 1.44. The average Bonchev–Trinajstić information content (AvgIpc) is 3.36. The van der Waals surface area contributed by atoms with Gasteiger partial charge < -0.3 is 4.90 Å². The average molecular weight is 633 g/mol. The van der Waals surface area contributed by atoms with Gasteiger partial charge in [0, 0.05) is 33.4 Å². The Morgan fingerprint density at radius 1 is 1.00 bits per heavy atom. The second-order valence-corrected chi connectivity index (χ2v) is 13.1. The summed E-state index contributed by atoms with van der Waals surface area (Å²) in [7, 11) is 0. The van der Waals surface area contributed by atoms with Gasteiger partial charge >= 0.3 is 4.87 Å². The van der Waals surface area contributed by atoms with Crippen molar-refractivity contribution in [1.82, 2.24) is 9.47 Å². The summed E-state index contributed by atoms with van der Waals surface area (Å²) in [5, 5.41) is 0.395. The number of imide groups is 1. The highest BCUT2D eigenvalue weighted by Gasteiger charge is 2.56. The molecule has 0 aliphatic carbocycles. The normalized spacial score (nSPS) is 22.9. The number of likely N-dealkylation sites (tertiary alicyclic amines) is 1. The molecule has 0 spiro atoms. The lowest BCUT2D eigenvalue weighted by Gasteiger charge is -2.31. The molecule has 6 rings (SSSR count). The van der Waals surface area contributed by atoms with E-state index in [2.05, 4.69) is 15.9 Å². The number of hydrogen-bond acceptors (Lipinski definition) is 6. The van der Waals surface area contributed by atoms with Crippen LogP contribution < -0.4 is 9.77 Å². The molecule has 3 amide bonds. The highest BCUT2D eigenvalue weighted by atomic mass is 79.9. The van der Waals surface area contributed by atoms with E-state index in [0.29, 0.717) is 28.8 Å². The first-order valence-electron chi connectivity index (χ1n) is 12.4. The second-order valence-electron chi connectivity index (χ2n) is 9.65. The summed E-state index contributed by atoms with van der Waals surface area (Å²) in [5.41, 5.74) is 1.30. The Morgan fingerprint density at radius 3 is 2.45 bits per heavy atom. The summed E-state index contributed by atoms with van der Waals surface area (Å²) in [6, 6.07) is 14.3.